The van der Waals surface area contributed by atoms with Gasteiger partial charge in [0.05, 0.1) is 23.3 Å². The van der Waals surface area contributed by atoms with Crippen LogP contribution in [0.1, 0.15) is 0 Å². The number of benzene rings is 2. The fraction of sp³-hybridized carbons (Fsp3) is 0. The molecular formula is C21H16N4O3. The van der Waals surface area contributed by atoms with E-state index in [9.17, 15) is 15.0 Å². The van der Waals surface area contributed by atoms with Gasteiger partial charge < -0.3 is 10.2 Å². The Kier molecular flexibility index (Phi) is 4.47. The number of aromatic nitrogens is 3. The van der Waals surface area contributed by atoms with Crippen LogP contribution in [0.3, 0.4) is 0 Å². The number of hydrogen-bond acceptors (Lipinski definition) is 5. The highest BCUT2D eigenvalue weighted by Gasteiger charge is 2.14. The van der Waals surface area contributed by atoms with Crippen molar-refractivity contribution in [3.8, 4) is 28.4 Å². The predicted molar refractivity (Wildman–Crippen MR) is 105 cm³/mol. The summed E-state index contributed by atoms with van der Waals surface area (Å²) in [5.41, 5.74) is 2.50. The molecule has 0 unspecified atom stereocenters. The number of pyridine rings is 1. The number of nitrogens with zero attached hydrogens (tertiary/aromatic N) is 4. The Morgan fingerprint density at radius 2 is 1.82 bits per heavy atom. The van der Waals surface area contributed by atoms with Gasteiger partial charge in [-0.1, -0.05) is 12.1 Å². The summed E-state index contributed by atoms with van der Waals surface area (Å²) in [6.45, 7) is 0. The molecular weight excluding hydrogens is 356 g/mol. The molecule has 0 fully saturated rings. The zero-order valence-corrected chi connectivity index (χ0v) is 14.7. The molecule has 2 N–H and O–H groups in total. The number of anilines is 2. The van der Waals surface area contributed by atoms with Crippen LogP contribution in [0.15, 0.2) is 79.1 Å². The number of aromatic hydroxyl groups is 2. The number of rotatable bonds is 5. The number of phenolic OH excluding ortho intramolecular Hbond substituents is 2. The molecule has 0 radical (unpaired) electrons. The summed E-state index contributed by atoms with van der Waals surface area (Å²) in [5, 5.41) is 24.1. The quantitative estimate of drug-likeness (QED) is 0.522. The van der Waals surface area contributed by atoms with Crippen molar-refractivity contribution in [3.05, 3.63) is 79.1 Å². The summed E-state index contributed by atoms with van der Waals surface area (Å²) < 4.78 is 1.65. The molecule has 2 aromatic heterocycles. The first-order chi connectivity index (χ1) is 13.7. The molecule has 2 aromatic carbocycles. The lowest BCUT2D eigenvalue weighted by molar-refractivity contribution is -0.106. The van der Waals surface area contributed by atoms with Crippen LogP contribution >= 0.6 is 0 Å². The summed E-state index contributed by atoms with van der Waals surface area (Å²) in [7, 11) is 0. The zero-order valence-electron chi connectivity index (χ0n) is 14.7. The summed E-state index contributed by atoms with van der Waals surface area (Å²) >= 11 is 0. The first-order valence-electron chi connectivity index (χ1n) is 8.50. The van der Waals surface area contributed by atoms with Crippen molar-refractivity contribution in [2.24, 2.45) is 0 Å². The molecule has 7 nitrogen and oxygen atoms in total. The van der Waals surface area contributed by atoms with E-state index in [4.69, 9.17) is 0 Å². The monoisotopic (exact) mass is 372 g/mol. The van der Waals surface area contributed by atoms with Gasteiger partial charge in [0, 0.05) is 17.8 Å². The molecule has 28 heavy (non-hydrogen) atoms. The topological polar surface area (TPSA) is 91.5 Å². The molecule has 0 saturated carbocycles. The normalized spacial score (nSPS) is 10.6. The Bertz CT molecular complexity index is 1130. The fourth-order valence-corrected chi connectivity index (χ4v) is 2.97. The van der Waals surface area contributed by atoms with E-state index in [2.05, 4.69) is 10.1 Å². The molecule has 7 heteroatoms. The van der Waals surface area contributed by atoms with E-state index in [1.165, 1.54) is 17.0 Å². The third kappa shape index (κ3) is 3.16. The minimum Gasteiger partial charge on any atom is -0.508 e. The van der Waals surface area contributed by atoms with E-state index in [0.717, 1.165) is 0 Å². The maximum absolute atomic E-state index is 11.7. The highest BCUT2D eigenvalue weighted by molar-refractivity contribution is 5.85. The molecule has 4 rings (SSSR count). The maximum Gasteiger partial charge on any atom is 0.219 e. The standard InChI is InChI=1S/C21H16N4O3/c26-14-24(21-6-1-2-10-22-21)15-4-3-5-16(12-15)25-19(9-11-23-25)18-8-7-17(27)13-20(18)28/h1-14,27-28H. The van der Waals surface area contributed by atoms with Crippen molar-refractivity contribution >= 4 is 17.9 Å². The van der Waals surface area contributed by atoms with Gasteiger partial charge in [0.25, 0.3) is 0 Å². The highest BCUT2D eigenvalue weighted by atomic mass is 16.3. The number of phenols is 2. The van der Waals surface area contributed by atoms with Crippen molar-refractivity contribution in [2.45, 2.75) is 0 Å². The number of carbonyl (C=O) groups excluding carboxylic acids is 1. The Morgan fingerprint density at radius 1 is 0.929 bits per heavy atom. The van der Waals surface area contributed by atoms with Gasteiger partial charge in [0.2, 0.25) is 6.41 Å². The lowest BCUT2D eigenvalue weighted by Crippen LogP contribution is -2.15. The van der Waals surface area contributed by atoms with Gasteiger partial charge in [-0.2, -0.15) is 5.10 Å². The molecule has 0 atom stereocenters. The van der Waals surface area contributed by atoms with E-state index in [1.54, 1.807) is 53.5 Å². The molecule has 0 aliphatic carbocycles. The Hall–Kier alpha value is -4.13. The van der Waals surface area contributed by atoms with E-state index >= 15 is 0 Å². The van der Waals surface area contributed by atoms with E-state index in [0.29, 0.717) is 34.9 Å². The minimum absolute atomic E-state index is 0.0219. The largest absolute Gasteiger partial charge is 0.508 e. The van der Waals surface area contributed by atoms with Crippen LogP contribution in [0, 0.1) is 0 Å². The first kappa shape index (κ1) is 17.3. The molecule has 1 amide bonds. The second-order valence-electron chi connectivity index (χ2n) is 6.01. The minimum atomic E-state index is -0.0547. The van der Waals surface area contributed by atoms with Gasteiger partial charge >= 0.3 is 0 Å². The molecule has 2 heterocycles. The number of carbonyl (C=O) groups is 1. The summed E-state index contributed by atoms with van der Waals surface area (Å²) in [6.07, 6.45) is 3.94. The van der Waals surface area contributed by atoms with Gasteiger partial charge in [0.1, 0.15) is 17.3 Å². The fourth-order valence-electron chi connectivity index (χ4n) is 2.97. The number of hydrogen-bond donors (Lipinski definition) is 2. The van der Waals surface area contributed by atoms with Gasteiger partial charge in [0.15, 0.2) is 0 Å². The second kappa shape index (κ2) is 7.24. The highest BCUT2D eigenvalue weighted by Crippen LogP contribution is 2.33. The third-order valence-corrected chi connectivity index (χ3v) is 4.25. The van der Waals surface area contributed by atoms with E-state index < -0.39 is 0 Å². The van der Waals surface area contributed by atoms with Crippen molar-refractivity contribution in [3.63, 3.8) is 0 Å². The first-order valence-corrected chi connectivity index (χ1v) is 8.50. The average Bonchev–Trinajstić information content (AvgIpc) is 3.19. The van der Waals surface area contributed by atoms with Crippen LogP contribution < -0.4 is 4.90 Å². The Morgan fingerprint density at radius 3 is 2.57 bits per heavy atom. The van der Waals surface area contributed by atoms with E-state index in [-0.39, 0.29) is 11.5 Å². The average molecular weight is 372 g/mol. The van der Waals surface area contributed by atoms with Crippen molar-refractivity contribution in [1.29, 1.82) is 0 Å². The van der Waals surface area contributed by atoms with Crippen molar-refractivity contribution in [1.82, 2.24) is 14.8 Å². The van der Waals surface area contributed by atoms with Gasteiger partial charge in [-0.25, -0.2) is 9.67 Å². The Balaban J connectivity index is 1.77. The van der Waals surface area contributed by atoms with Crippen molar-refractivity contribution < 1.29 is 15.0 Å². The van der Waals surface area contributed by atoms with Gasteiger partial charge in [-0.3, -0.25) is 9.69 Å². The Labute approximate surface area is 160 Å². The predicted octanol–water partition coefficient (Wildman–Crippen LogP) is 3.64. The molecule has 0 aliphatic heterocycles. The van der Waals surface area contributed by atoms with Crippen LogP contribution in [-0.4, -0.2) is 31.4 Å². The molecule has 0 bridgehead atoms. The van der Waals surface area contributed by atoms with Gasteiger partial charge in [-0.05, 0) is 48.5 Å². The van der Waals surface area contributed by atoms with Gasteiger partial charge in [-0.15, -0.1) is 0 Å². The second-order valence-corrected chi connectivity index (χ2v) is 6.01. The smallest absolute Gasteiger partial charge is 0.219 e. The lowest BCUT2D eigenvalue weighted by Gasteiger charge is -2.17. The van der Waals surface area contributed by atoms with Crippen LogP contribution in [0.4, 0.5) is 11.5 Å². The van der Waals surface area contributed by atoms with Crippen LogP contribution in [-0.2, 0) is 4.79 Å². The van der Waals surface area contributed by atoms with Crippen molar-refractivity contribution in [2.75, 3.05) is 4.90 Å². The molecule has 138 valence electrons. The van der Waals surface area contributed by atoms with Crippen LogP contribution in [0.5, 0.6) is 11.5 Å². The molecule has 4 aromatic rings. The summed E-state index contributed by atoms with van der Waals surface area (Å²) in [6, 6.07) is 18.7. The van der Waals surface area contributed by atoms with E-state index in [1.807, 2.05) is 18.2 Å². The summed E-state index contributed by atoms with van der Waals surface area (Å²) in [5.74, 6) is 0.429. The SMILES string of the molecule is O=CN(c1cccc(-n2nccc2-c2ccc(O)cc2O)c1)c1ccccn1. The molecule has 0 spiro atoms. The van der Waals surface area contributed by atoms with Crippen LogP contribution in [0.2, 0.25) is 0 Å². The zero-order chi connectivity index (χ0) is 19.5. The third-order valence-electron chi connectivity index (χ3n) is 4.25. The lowest BCUT2D eigenvalue weighted by atomic mass is 10.1. The molecule has 0 saturated heterocycles. The van der Waals surface area contributed by atoms with Crippen LogP contribution in [0.25, 0.3) is 16.9 Å². The molecule has 0 aliphatic rings. The number of amides is 1. The maximum atomic E-state index is 11.7. The summed E-state index contributed by atoms with van der Waals surface area (Å²) in [4.78, 5) is 17.3.